The highest BCUT2D eigenvalue weighted by Gasteiger charge is 2.12. The first kappa shape index (κ1) is 17.6. The van der Waals surface area contributed by atoms with Crippen molar-refractivity contribution in [2.45, 2.75) is 6.92 Å². The Morgan fingerprint density at radius 1 is 1.00 bits per heavy atom. The molecule has 0 saturated heterocycles. The van der Waals surface area contributed by atoms with Gasteiger partial charge in [-0.05, 0) is 54.8 Å². The number of ether oxygens (including phenoxy) is 2. The Kier molecular flexibility index (Phi) is 5.27. The van der Waals surface area contributed by atoms with E-state index in [4.69, 9.17) is 9.47 Å². The average Bonchev–Trinajstić information content (AvgIpc) is 2.66. The van der Waals surface area contributed by atoms with E-state index in [1.165, 1.54) is 24.3 Å². The normalized spacial score (nSPS) is 11.0. The molecular formula is C21H16F2O3. The molecule has 0 aromatic heterocycles. The number of benzene rings is 3. The molecule has 0 N–H and O–H groups in total. The summed E-state index contributed by atoms with van der Waals surface area (Å²) >= 11 is 0. The molecular weight excluding hydrogens is 338 g/mol. The van der Waals surface area contributed by atoms with Gasteiger partial charge in [0.05, 0.1) is 5.56 Å². The average molecular weight is 354 g/mol. The Balaban J connectivity index is 1.73. The predicted octanol–water partition coefficient (Wildman–Crippen LogP) is 5.29. The SMILES string of the molecule is CC=CCOc1ccc(OC(=O)c2ccc3c(F)c(F)ccc3c2)cc1. The lowest BCUT2D eigenvalue weighted by atomic mass is 10.1. The molecule has 0 heterocycles. The van der Waals surface area contributed by atoms with Crippen LogP contribution in [-0.4, -0.2) is 12.6 Å². The fraction of sp³-hybridized carbons (Fsp3) is 0.0952. The molecule has 0 aliphatic carbocycles. The minimum Gasteiger partial charge on any atom is -0.490 e. The molecule has 0 amide bonds. The minimum atomic E-state index is -0.934. The maximum absolute atomic E-state index is 13.7. The highest BCUT2D eigenvalue weighted by Crippen LogP contribution is 2.23. The van der Waals surface area contributed by atoms with Gasteiger partial charge in [0.25, 0.3) is 0 Å². The van der Waals surface area contributed by atoms with Crippen molar-refractivity contribution in [2.75, 3.05) is 6.61 Å². The third-order valence-electron chi connectivity index (χ3n) is 3.76. The molecule has 0 bridgehead atoms. The van der Waals surface area contributed by atoms with E-state index < -0.39 is 17.6 Å². The van der Waals surface area contributed by atoms with Gasteiger partial charge in [-0.2, -0.15) is 0 Å². The van der Waals surface area contributed by atoms with E-state index in [9.17, 15) is 13.6 Å². The van der Waals surface area contributed by atoms with Crippen molar-refractivity contribution < 1.29 is 23.0 Å². The fourth-order valence-electron chi connectivity index (χ4n) is 2.40. The molecule has 3 aromatic carbocycles. The lowest BCUT2D eigenvalue weighted by Gasteiger charge is -2.07. The Bertz CT molecular complexity index is 963. The van der Waals surface area contributed by atoms with E-state index in [-0.39, 0.29) is 10.9 Å². The Hall–Kier alpha value is -3.21. The van der Waals surface area contributed by atoms with Crippen LogP contribution in [0.1, 0.15) is 17.3 Å². The van der Waals surface area contributed by atoms with E-state index in [1.54, 1.807) is 24.3 Å². The number of rotatable bonds is 5. The molecule has 0 aliphatic rings. The standard InChI is InChI=1S/C21H16F2O3/c1-2-3-12-25-16-6-8-17(9-7-16)26-21(24)15-4-10-18-14(13-15)5-11-19(22)20(18)23/h2-11,13H,12H2,1H3. The Labute approximate surface area is 149 Å². The molecule has 5 heteroatoms. The molecule has 0 aliphatic heterocycles. The first-order valence-corrected chi connectivity index (χ1v) is 8.02. The summed E-state index contributed by atoms with van der Waals surface area (Å²) in [5, 5.41) is 0.537. The van der Waals surface area contributed by atoms with Crippen LogP contribution in [0.5, 0.6) is 11.5 Å². The number of hydrogen-bond acceptors (Lipinski definition) is 3. The Morgan fingerprint density at radius 2 is 1.73 bits per heavy atom. The van der Waals surface area contributed by atoms with Crippen LogP contribution in [0.3, 0.4) is 0 Å². The van der Waals surface area contributed by atoms with Crippen LogP contribution in [0.4, 0.5) is 8.78 Å². The summed E-state index contributed by atoms with van der Waals surface area (Å²) in [5.41, 5.74) is 0.247. The van der Waals surface area contributed by atoms with E-state index in [0.717, 1.165) is 6.07 Å². The predicted molar refractivity (Wildman–Crippen MR) is 95.6 cm³/mol. The van der Waals surface area contributed by atoms with Gasteiger partial charge in [-0.3, -0.25) is 0 Å². The number of halogens is 2. The Morgan fingerprint density at radius 3 is 2.46 bits per heavy atom. The summed E-state index contributed by atoms with van der Waals surface area (Å²) in [6.45, 7) is 2.37. The van der Waals surface area contributed by atoms with Gasteiger partial charge in [0.2, 0.25) is 0 Å². The van der Waals surface area contributed by atoms with Gasteiger partial charge >= 0.3 is 5.97 Å². The van der Waals surface area contributed by atoms with Gasteiger partial charge in [0.1, 0.15) is 18.1 Å². The molecule has 0 fully saturated rings. The number of allylic oxidation sites excluding steroid dienone is 1. The molecule has 132 valence electrons. The lowest BCUT2D eigenvalue weighted by molar-refractivity contribution is 0.0734. The summed E-state index contributed by atoms with van der Waals surface area (Å²) < 4.78 is 37.7. The molecule has 3 nitrogen and oxygen atoms in total. The van der Waals surface area contributed by atoms with E-state index in [0.29, 0.717) is 23.5 Å². The topological polar surface area (TPSA) is 35.5 Å². The third kappa shape index (κ3) is 3.88. The number of carbonyl (C=O) groups excluding carboxylic acids is 1. The second-order valence-electron chi connectivity index (χ2n) is 5.54. The third-order valence-corrected chi connectivity index (χ3v) is 3.76. The first-order valence-electron chi connectivity index (χ1n) is 8.02. The monoisotopic (exact) mass is 354 g/mol. The smallest absolute Gasteiger partial charge is 0.343 e. The maximum atomic E-state index is 13.7. The van der Waals surface area contributed by atoms with Gasteiger partial charge in [-0.25, -0.2) is 13.6 Å². The molecule has 26 heavy (non-hydrogen) atoms. The van der Waals surface area contributed by atoms with Crippen molar-refractivity contribution in [2.24, 2.45) is 0 Å². The van der Waals surface area contributed by atoms with Crippen LogP contribution in [0.15, 0.2) is 66.7 Å². The van der Waals surface area contributed by atoms with E-state index in [1.807, 2.05) is 19.1 Å². The van der Waals surface area contributed by atoms with Crippen molar-refractivity contribution >= 4 is 16.7 Å². The largest absolute Gasteiger partial charge is 0.490 e. The van der Waals surface area contributed by atoms with Crippen LogP contribution in [0.2, 0.25) is 0 Å². The lowest BCUT2D eigenvalue weighted by Crippen LogP contribution is -2.08. The zero-order valence-electron chi connectivity index (χ0n) is 14.0. The molecule has 3 aromatic rings. The molecule has 3 rings (SSSR count). The molecule has 0 spiro atoms. The van der Waals surface area contributed by atoms with Crippen LogP contribution < -0.4 is 9.47 Å². The summed E-state index contributed by atoms with van der Waals surface area (Å²) in [6.07, 6.45) is 3.77. The zero-order chi connectivity index (χ0) is 18.5. The van der Waals surface area contributed by atoms with Crippen molar-refractivity contribution in [3.05, 3.63) is 83.9 Å². The van der Waals surface area contributed by atoms with Gasteiger partial charge < -0.3 is 9.47 Å². The maximum Gasteiger partial charge on any atom is 0.343 e. The van der Waals surface area contributed by atoms with Crippen LogP contribution >= 0.6 is 0 Å². The number of carbonyl (C=O) groups is 1. The van der Waals surface area contributed by atoms with Gasteiger partial charge in [-0.1, -0.05) is 24.3 Å². The summed E-state index contributed by atoms with van der Waals surface area (Å²) in [5.74, 6) is -1.43. The highest BCUT2D eigenvalue weighted by atomic mass is 19.2. The summed E-state index contributed by atoms with van der Waals surface area (Å²) in [4.78, 5) is 12.3. The van der Waals surface area contributed by atoms with Gasteiger partial charge in [-0.15, -0.1) is 0 Å². The highest BCUT2D eigenvalue weighted by molar-refractivity contribution is 5.96. The second-order valence-corrected chi connectivity index (χ2v) is 5.54. The summed E-state index contributed by atoms with van der Waals surface area (Å²) in [6, 6.07) is 13.3. The van der Waals surface area contributed by atoms with Crippen LogP contribution in [-0.2, 0) is 0 Å². The van der Waals surface area contributed by atoms with E-state index in [2.05, 4.69) is 0 Å². The van der Waals surface area contributed by atoms with Crippen molar-refractivity contribution in [1.82, 2.24) is 0 Å². The summed E-state index contributed by atoms with van der Waals surface area (Å²) in [7, 11) is 0. The number of esters is 1. The molecule has 0 saturated carbocycles. The number of fused-ring (bicyclic) bond motifs is 1. The van der Waals surface area contributed by atoms with Gasteiger partial charge in [0, 0.05) is 5.39 Å². The zero-order valence-corrected chi connectivity index (χ0v) is 14.0. The van der Waals surface area contributed by atoms with Crippen LogP contribution in [0, 0.1) is 11.6 Å². The van der Waals surface area contributed by atoms with Crippen LogP contribution in [0.25, 0.3) is 10.8 Å². The first-order chi connectivity index (χ1) is 12.6. The van der Waals surface area contributed by atoms with Crippen molar-refractivity contribution in [3.63, 3.8) is 0 Å². The quantitative estimate of drug-likeness (QED) is 0.355. The van der Waals surface area contributed by atoms with Crippen molar-refractivity contribution in [1.29, 1.82) is 0 Å². The van der Waals surface area contributed by atoms with Gasteiger partial charge in [0.15, 0.2) is 11.6 Å². The fourth-order valence-corrected chi connectivity index (χ4v) is 2.40. The molecule has 0 radical (unpaired) electrons. The minimum absolute atomic E-state index is 0.115. The van der Waals surface area contributed by atoms with E-state index >= 15 is 0 Å². The number of hydrogen-bond donors (Lipinski definition) is 0. The second kappa shape index (κ2) is 7.78. The molecule has 0 atom stereocenters. The molecule has 0 unspecified atom stereocenters. The van der Waals surface area contributed by atoms with Crippen molar-refractivity contribution in [3.8, 4) is 11.5 Å².